The number of rotatable bonds is 1. The number of halogens is 1. The molecule has 4 heteroatoms. The fourth-order valence-electron chi connectivity index (χ4n) is 1.82. The minimum atomic E-state index is 0.559. The molecule has 2 aromatic heterocycles. The molecule has 0 bridgehead atoms. The standard InChI is InChI=1S/C10H10ClN3/c11-10-9(7-3-1-4-7)13-8-5-2-6-12-14(8)10/h2,5-7H,1,3-4H2. The van der Waals surface area contributed by atoms with Crippen LogP contribution in [0, 0.1) is 0 Å². The lowest BCUT2D eigenvalue weighted by molar-refractivity contribution is 0.412. The van der Waals surface area contributed by atoms with Gasteiger partial charge < -0.3 is 0 Å². The van der Waals surface area contributed by atoms with Crippen molar-refractivity contribution in [1.82, 2.24) is 14.6 Å². The molecule has 0 unspecified atom stereocenters. The van der Waals surface area contributed by atoms with Crippen LogP contribution < -0.4 is 0 Å². The first-order valence-corrected chi connectivity index (χ1v) is 5.23. The second-order valence-corrected chi connectivity index (χ2v) is 4.07. The van der Waals surface area contributed by atoms with E-state index < -0.39 is 0 Å². The summed E-state index contributed by atoms with van der Waals surface area (Å²) in [5.74, 6) is 0.559. The highest BCUT2D eigenvalue weighted by Gasteiger charge is 2.25. The smallest absolute Gasteiger partial charge is 0.155 e. The first-order valence-electron chi connectivity index (χ1n) is 4.85. The van der Waals surface area contributed by atoms with Crippen LogP contribution in [0.15, 0.2) is 18.3 Å². The van der Waals surface area contributed by atoms with Crippen LogP contribution in [0.1, 0.15) is 30.9 Å². The Hall–Kier alpha value is -1.09. The highest BCUT2D eigenvalue weighted by Crippen LogP contribution is 2.38. The van der Waals surface area contributed by atoms with Gasteiger partial charge in [0.2, 0.25) is 0 Å². The Balaban J connectivity index is 2.19. The minimum absolute atomic E-state index is 0.559. The SMILES string of the molecule is Clc1c(C2CCC2)nc2cccnn12. The van der Waals surface area contributed by atoms with Gasteiger partial charge in [-0.1, -0.05) is 18.0 Å². The van der Waals surface area contributed by atoms with Gasteiger partial charge in [0.15, 0.2) is 10.8 Å². The number of fused-ring (bicyclic) bond motifs is 1. The maximum Gasteiger partial charge on any atom is 0.155 e. The molecule has 0 N–H and O–H groups in total. The average molecular weight is 208 g/mol. The van der Waals surface area contributed by atoms with E-state index in [1.165, 1.54) is 19.3 Å². The summed E-state index contributed by atoms with van der Waals surface area (Å²) in [5, 5.41) is 4.85. The lowest BCUT2D eigenvalue weighted by atomic mass is 9.83. The summed E-state index contributed by atoms with van der Waals surface area (Å²) >= 11 is 6.20. The molecule has 0 aromatic carbocycles. The lowest BCUT2D eigenvalue weighted by Gasteiger charge is -2.23. The van der Waals surface area contributed by atoms with E-state index in [9.17, 15) is 0 Å². The van der Waals surface area contributed by atoms with Crippen LogP contribution in [-0.4, -0.2) is 14.6 Å². The molecule has 0 atom stereocenters. The van der Waals surface area contributed by atoms with Crippen molar-refractivity contribution in [2.24, 2.45) is 0 Å². The number of nitrogens with zero attached hydrogens (tertiary/aromatic N) is 3. The molecule has 0 radical (unpaired) electrons. The van der Waals surface area contributed by atoms with E-state index in [0.29, 0.717) is 11.1 Å². The van der Waals surface area contributed by atoms with E-state index in [2.05, 4.69) is 10.1 Å². The third-order valence-corrected chi connectivity index (χ3v) is 3.21. The van der Waals surface area contributed by atoms with Gasteiger partial charge in [0.1, 0.15) is 0 Å². The number of hydrogen-bond donors (Lipinski definition) is 0. The van der Waals surface area contributed by atoms with Crippen LogP contribution in [0.25, 0.3) is 5.65 Å². The predicted molar refractivity (Wildman–Crippen MR) is 54.6 cm³/mol. The molecular weight excluding hydrogens is 198 g/mol. The van der Waals surface area contributed by atoms with Gasteiger partial charge >= 0.3 is 0 Å². The van der Waals surface area contributed by atoms with Crippen LogP contribution in [0.3, 0.4) is 0 Å². The molecule has 3 nitrogen and oxygen atoms in total. The summed E-state index contributed by atoms with van der Waals surface area (Å²) in [4.78, 5) is 4.50. The molecule has 1 aliphatic rings. The van der Waals surface area contributed by atoms with Crippen molar-refractivity contribution in [3.8, 4) is 0 Å². The van der Waals surface area contributed by atoms with Crippen LogP contribution in [0.5, 0.6) is 0 Å². The number of hydrogen-bond acceptors (Lipinski definition) is 2. The van der Waals surface area contributed by atoms with E-state index in [0.717, 1.165) is 11.3 Å². The zero-order chi connectivity index (χ0) is 9.54. The van der Waals surface area contributed by atoms with Gasteiger partial charge in [-0.2, -0.15) is 5.10 Å². The quantitative estimate of drug-likeness (QED) is 0.720. The number of imidazole rings is 1. The normalized spacial score (nSPS) is 17.2. The van der Waals surface area contributed by atoms with E-state index >= 15 is 0 Å². The third kappa shape index (κ3) is 1.05. The average Bonchev–Trinajstić information content (AvgIpc) is 2.43. The Morgan fingerprint density at radius 1 is 1.43 bits per heavy atom. The fourth-order valence-corrected chi connectivity index (χ4v) is 2.15. The van der Waals surface area contributed by atoms with Gasteiger partial charge in [-0.25, -0.2) is 9.50 Å². The molecule has 0 saturated heterocycles. The second-order valence-electron chi connectivity index (χ2n) is 3.71. The molecule has 0 amide bonds. The summed E-state index contributed by atoms with van der Waals surface area (Å²) in [6, 6.07) is 3.81. The molecule has 1 aliphatic carbocycles. The topological polar surface area (TPSA) is 30.2 Å². The molecule has 2 aromatic rings. The molecule has 3 rings (SSSR count). The molecule has 72 valence electrons. The molecule has 0 aliphatic heterocycles. The summed E-state index contributed by atoms with van der Waals surface area (Å²) in [5.41, 5.74) is 1.87. The molecule has 0 spiro atoms. The summed E-state index contributed by atoms with van der Waals surface area (Å²) < 4.78 is 1.70. The summed E-state index contributed by atoms with van der Waals surface area (Å²) in [6.07, 6.45) is 5.45. The van der Waals surface area contributed by atoms with Gasteiger partial charge in [0.25, 0.3) is 0 Å². The number of aromatic nitrogens is 3. The zero-order valence-corrected chi connectivity index (χ0v) is 8.41. The van der Waals surface area contributed by atoms with Crippen LogP contribution in [0.4, 0.5) is 0 Å². The van der Waals surface area contributed by atoms with E-state index in [4.69, 9.17) is 11.6 Å². The van der Waals surface area contributed by atoms with Gasteiger partial charge in [-0.3, -0.25) is 0 Å². The van der Waals surface area contributed by atoms with Crippen LogP contribution in [-0.2, 0) is 0 Å². The van der Waals surface area contributed by atoms with Crippen molar-refractivity contribution in [2.75, 3.05) is 0 Å². The highest BCUT2D eigenvalue weighted by atomic mass is 35.5. The second kappa shape index (κ2) is 2.95. The molecule has 2 heterocycles. The Morgan fingerprint density at radius 3 is 2.93 bits per heavy atom. The van der Waals surface area contributed by atoms with Gasteiger partial charge in [-0.15, -0.1) is 0 Å². The molecule has 14 heavy (non-hydrogen) atoms. The molecular formula is C10H10ClN3. The fraction of sp³-hybridized carbons (Fsp3) is 0.400. The van der Waals surface area contributed by atoms with Crippen LogP contribution in [0.2, 0.25) is 5.15 Å². The maximum absolute atomic E-state index is 6.20. The minimum Gasteiger partial charge on any atom is -0.230 e. The molecule has 1 saturated carbocycles. The first kappa shape index (κ1) is 8.24. The van der Waals surface area contributed by atoms with E-state index in [1.807, 2.05) is 12.1 Å². The van der Waals surface area contributed by atoms with Crippen molar-refractivity contribution in [1.29, 1.82) is 0 Å². The monoisotopic (exact) mass is 207 g/mol. The van der Waals surface area contributed by atoms with Crippen LogP contribution >= 0.6 is 11.6 Å². The Labute approximate surface area is 86.7 Å². The summed E-state index contributed by atoms with van der Waals surface area (Å²) in [7, 11) is 0. The largest absolute Gasteiger partial charge is 0.230 e. The van der Waals surface area contributed by atoms with Gasteiger partial charge in [0, 0.05) is 12.1 Å². The van der Waals surface area contributed by atoms with Crippen molar-refractivity contribution < 1.29 is 0 Å². The van der Waals surface area contributed by atoms with Crippen molar-refractivity contribution in [3.05, 3.63) is 29.2 Å². The third-order valence-electron chi connectivity index (χ3n) is 2.85. The maximum atomic E-state index is 6.20. The lowest BCUT2D eigenvalue weighted by Crippen LogP contribution is -2.09. The zero-order valence-electron chi connectivity index (χ0n) is 7.65. The van der Waals surface area contributed by atoms with E-state index in [-0.39, 0.29) is 0 Å². The van der Waals surface area contributed by atoms with Gasteiger partial charge in [-0.05, 0) is 25.0 Å². The first-order chi connectivity index (χ1) is 6.86. The van der Waals surface area contributed by atoms with Crippen molar-refractivity contribution >= 4 is 17.2 Å². The van der Waals surface area contributed by atoms with Gasteiger partial charge in [0.05, 0.1) is 5.69 Å². The Bertz CT molecular complexity index is 473. The Morgan fingerprint density at radius 2 is 2.29 bits per heavy atom. The Kier molecular flexibility index (Phi) is 1.74. The van der Waals surface area contributed by atoms with Crippen molar-refractivity contribution in [2.45, 2.75) is 25.2 Å². The predicted octanol–water partition coefficient (Wildman–Crippen LogP) is 2.65. The summed E-state index contributed by atoms with van der Waals surface area (Å²) in [6.45, 7) is 0. The highest BCUT2D eigenvalue weighted by molar-refractivity contribution is 6.30. The van der Waals surface area contributed by atoms with Crippen molar-refractivity contribution in [3.63, 3.8) is 0 Å². The van der Waals surface area contributed by atoms with E-state index in [1.54, 1.807) is 10.7 Å². The molecule has 1 fully saturated rings.